The minimum atomic E-state index is -2.44. The third-order valence-corrected chi connectivity index (χ3v) is 3.29. The normalized spacial score (nSPS) is 18.5. The molecule has 1 amide bonds. The van der Waals surface area contributed by atoms with E-state index in [0.29, 0.717) is 12.6 Å². The van der Waals surface area contributed by atoms with Gasteiger partial charge in [0.25, 0.3) is 6.43 Å². The van der Waals surface area contributed by atoms with Crippen LogP contribution < -0.4 is 10.6 Å². The molecule has 1 atom stereocenters. The molecule has 0 bridgehead atoms. The zero-order chi connectivity index (χ0) is 14.1. The summed E-state index contributed by atoms with van der Waals surface area (Å²) < 4.78 is 28.3. The molecule has 2 N–H and O–H groups in total. The largest absolute Gasteiger partial charge is 0.374 e. The molecule has 0 heterocycles. The highest BCUT2D eigenvalue weighted by Gasteiger charge is 2.18. The molecule has 0 aromatic rings. The van der Waals surface area contributed by atoms with Gasteiger partial charge in [-0.05, 0) is 19.8 Å². The first-order valence-corrected chi connectivity index (χ1v) is 6.99. The standard InChI is InChI=1S/C13H24F2N2O2/c1-10(16-7-8-19-9-12(14)15)13(18)17-11-5-3-2-4-6-11/h10-12,16H,2-9H2,1H3,(H,17,18). The number of ether oxygens (including phenoxy) is 1. The van der Waals surface area contributed by atoms with Gasteiger partial charge in [0, 0.05) is 12.6 Å². The summed E-state index contributed by atoms with van der Waals surface area (Å²) in [6, 6.07) is -0.0299. The monoisotopic (exact) mass is 278 g/mol. The van der Waals surface area contributed by atoms with Gasteiger partial charge in [-0.2, -0.15) is 0 Å². The summed E-state index contributed by atoms with van der Waals surface area (Å²) in [7, 11) is 0. The number of carbonyl (C=O) groups is 1. The van der Waals surface area contributed by atoms with Crippen molar-refractivity contribution >= 4 is 5.91 Å². The molecule has 1 fully saturated rings. The van der Waals surface area contributed by atoms with Crippen molar-refractivity contribution in [3.63, 3.8) is 0 Å². The maximum Gasteiger partial charge on any atom is 0.261 e. The van der Waals surface area contributed by atoms with Crippen LogP contribution in [0.5, 0.6) is 0 Å². The molecular formula is C13H24F2N2O2. The van der Waals surface area contributed by atoms with E-state index < -0.39 is 13.0 Å². The van der Waals surface area contributed by atoms with Gasteiger partial charge in [-0.3, -0.25) is 4.79 Å². The Morgan fingerprint density at radius 1 is 1.32 bits per heavy atom. The van der Waals surface area contributed by atoms with Gasteiger partial charge in [-0.1, -0.05) is 19.3 Å². The molecule has 0 spiro atoms. The molecule has 1 saturated carbocycles. The molecule has 0 aromatic heterocycles. The molecule has 112 valence electrons. The first-order chi connectivity index (χ1) is 9.09. The molecule has 0 aliphatic heterocycles. The van der Waals surface area contributed by atoms with Crippen LogP contribution in [0.3, 0.4) is 0 Å². The summed E-state index contributed by atoms with van der Waals surface area (Å²) in [4.78, 5) is 11.8. The molecule has 4 nitrogen and oxygen atoms in total. The SMILES string of the molecule is CC(NCCOCC(F)F)C(=O)NC1CCCCC1. The number of rotatable bonds is 8. The van der Waals surface area contributed by atoms with Crippen LogP contribution in [-0.2, 0) is 9.53 Å². The lowest BCUT2D eigenvalue weighted by Gasteiger charge is -2.24. The molecule has 0 aromatic carbocycles. The van der Waals surface area contributed by atoms with Crippen molar-refractivity contribution in [2.75, 3.05) is 19.8 Å². The molecule has 1 unspecified atom stereocenters. The average Bonchev–Trinajstić information content (AvgIpc) is 2.38. The Bertz CT molecular complexity index is 259. The van der Waals surface area contributed by atoms with Gasteiger partial charge < -0.3 is 15.4 Å². The average molecular weight is 278 g/mol. The number of amides is 1. The number of carbonyl (C=O) groups excluding carboxylic acids is 1. The van der Waals surface area contributed by atoms with E-state index in [4.69, 9.17) is 4.74 Å². The summed E-state index contributed by atoms with van der Waals surface area (Å²) in [5.41, 5.74) is 0. The van der Waals surface area contributed by atoms with Crippen molar-refractivity contribution in [1.82, 2.24) is 10.6 Å². The Morgan fingerprint density at radius 3 is 2.63 bits per heavy atom. The molecular weight excluding hydrogens is 254 g/mol. The van der Waals surface area contributed by atoms with Crippen LogP contribution in [0.25, 0.3) is 0 Å². The summed E-state index contributed by atoms with van der Waals surface area (Å²) in [6.07, 6.45) is 3.27. The summed E-state index contributed by atoms with van der Waals surface area (Å²) >= 11 is 0. The lowest BCUT2D eigenvalue weighted by molar-refractivity contribution is -0.123. The molecule has 1 rings (SSSR count). The minimum absolute atomic E-state index is 0.0271. The first-order valence-electron chi connectivity index (χ1n) is 6.99. The lowest BCUT2D eigenvalue weighted by atomic mass is 9.95. The van der Waals surface area contributed by atoms with Gasteiger partial charge in [0.2, 0.25) is 5.91 Å². The van der Waals surface area contributed by atoms with Crippen LogP contribution in [-0.4, -0.2) is 44.2 Å². The first kappa shape index (κ1) is 16.3. The van der Waals surface area contributed by atoms with Crippen molar-refractivity contribution < 1.29 is 18.3 Å². The van der Waals surface area contributed by atoms with Crippen molar-refractivity contribution in [3.05, 3.63) is 0 Å². The van der Waals surface area contributed by atoms with Gasteiger partial charge in [-0.25, -0.2) is 8.78 Å². The maximum atomic E-state index is 11.8. The lowest BCUT2D eigenvalue weighted by Crippen LogP contribution is -2.47. The predicted molar refractivity (Wildman–Crippen MR) is 69.3 cm³/mol. The quantitative estimate of drug-likeness (QED) is 0.664. The van der Waals surface area contributed by atoms with Gasteiger partial charge in [0.1, 0.15) is 6.61 Å². The van der Waals surface area contributed by atoms with E-state index >= 15 is 0 Å². The Hall–Kier alpha value is -0.750. The molecule has 0 radical (unpaired) electrons. The minimum Gasteiger partial charge on any atom is -0.374 e. The van der Waals surface area contributed by atoms with E-state index in [9.17, 15) is 13.6 Å². The summed E-state index contributed by atoms with van der Waals surface area (Å²) in [5.74, 6) is -0.0271. The highest BCUT2D eigenvalue weighted by atomic mass is 19.3. The second-order valence-electron chi connectivity index (χ2n) is 4.99. The van der Waals surface area contributed by atoms with Crippen LogP contribution in [0.15, 0.2) is 0 Å². The molecule has 19 heavy (non-hydrogen) atoms. The van der Waals surface area contributed by atoms with Crippen molar-refractivity contribution in [3.8, 4) is 0 Å². The third-order valence-electron chi connectivity index (χ3n) is 3.29. The smallest absolute Gasteiger partial charge is 0.261 e. The van der Waals surface area contributed by atoms with Crippen LogP contribution in [0.2, 0.25) is 0 Å². The van der Waals surface area contributed by atoms with E-state index in [1.807, 2.05) is 0 Å². The number of halogens is 2. The Morgan fingerprint density at radius 2 is 2.00 bits per heavy atom. The van der Waals surface area contributed by atoms with E-state index in [1.165, 1.54) is 19.3 Å². The van der Waals surface area contributed by atoms with Crippen molar-refractivity contribution in [2.24, 2.45) is 0 Å². The fourth-order valence-electron chi connectivity index (χ4n) is 2.19. The number of nitrogens with one attached hydrogen (secondary N) is 2. The van der Waals surface area contributed by atoms with Crippen LogP contribution in [0, 0.1) is 0 Å². The van der Waals surface area contributed by atoms with Crippen molar-refractivity contribution in [1.29, 1.82) is 0 Å². The van der Waals surface area contributed by atoms with Gasteiger partial charge in [-0.15, -0.1) is 0 Å². The number of alkyl halides is 2. The maximum absolute atomic E-state index is 11.8. The molecule has 1 aliphatic carbocycles. The fraction of sp³-hybridized carbons (Fsp3) is 0.923. The Kier molecular flexibility index (Phi) is 7.90. The summed E-state index contributed by atoms with van der Waals surface area (Å²) in [5, 5.41) is 5.98. The third kappa shape index (κ3) is 7.42. The van der Waals surface area contributed by atoms with Crippen LogP contribution in [0.4, 0.5) is 8.78 Å². The molecule has 0 saturated heterocycles. The second-order valence-corrected chi connectivity index (χ2v) is 4.99. The highest BCUT2D eigenvalue weighted by molar-refractivity contribution is 5.81. The van der Waals surface area contributed by atoms with Gasteiger partial charge in [0.15, 0.2) is 0 Å². The van der Waals surface area contributed by atoms with Crippen molar-refractivity contribution in [2.45, 2.75) is 57.5 Å². The fourth-order valence-corrected chi connectivity index (χ4v) is 2.19. The van der Waals surface area contributed by atoms with Gasteiger partial charge >= 0.3 is 0 Å². The van der Waals surface area contributed by atoms with Crippen LogP contribution in [0.1, 0.15) is 39.0 Å². The zero-order valence-corrected chi connectivity index (χ0v) is 11.5. The van der Waals surface area contributed by atoms with E-state index in [2.05, 4.69) is 10.6 Å². The highest BCUT2D eigenvalue weighted by Crippen LogP contribution is 2.17. The molecule has 6 heteroatoms. The Labute approximate surface area is 113 Å². The molecule has 1 aliphatic rings. The topological polar surface area (TPSA) is 50.4 Å². The van der Waals surface area contributed by atoms with Crippen LogP contribution >= 0.6 is 0 Å². The summed E-state index contributed by atoms with van der Waals surface area (Å²) in [6.45, 7) is 1.80. The van der Waals surface area contributed by atoms with E-state index in [-0.39, 0.29) is 18.6 Å². The second kappa shape index (κ2) is 9.20. The number of hydrogen-bond donors (Lipinski definition) is 2. The zero-order valence-electron chi connectivity index (χ0n) is 11.5. The van der Waals surface area contributed by atoms with E-state index in [1.54, 1.807) is 6.92 Å². The van der Waals surface area contributed by atoms with E-state index in [0.717, 1.165) is 12.8 Å². The number of hydrogen-bond acceptors (Lipinski definition) is 3. The van der Waals surface area contributed by atoms with Gasteiger partial charge in [0.05, 0.1) is 12.6 Å². The predicted octanol–water partition coefficient (Wildman–Crippen LogP) is 1.70. The Balaban J connectivity index is 2.07.